The van der Waals surface area contributed by atoms with E-state index in [0.717, 1.165) is 16.2 Å². The molecule has 2 aromatic rings. The SMILES string of the molecule is Oc1cccc(CSc2cccc(O)c2)c1. The predicted octanol–water partition coefficient (Wildman–Crippen LogP) is 3.39. The van der Waals surface area contributed by atoms with E-state index in [-0.39, 0.29) is 11.5 Å². The molecule has 0 fully saturated rings. The Morgan fingerprint density at radius 3 is 2.25 bits per heavy atom. The van der Waals surface area contributed by atoms with E-state index in [4.69, 9.17) is 0 Å². The Hall–Kier alpha value is -1.61. The lowest BCUT2D eigenvalue weighted by Crippen LogP contribution is -1.79. The molecule has 0 radical (unpaired) electrons. The molecule has 0 aliphatic heterocycles. The van der Waals surface area contributed by atoms with Crippen molar-refractivity contribution in [3.63, 3.8) is 0 Å². The fourth-order valence-electron chi connectivity index (χ4n) is 1.39. The number of hydrogen-bond donors (Lipinski definition) is 2. The Morgan fingerprint density at radius 1 is 0.875 bits per heavy atom. The van der Waals surface area contributed by atoms with Crippen LogP contribution in [0.15, 0.2) is 53.4 Å². The monoisotopic (exact) mass is 232 g/mol. The van der Waals surface area contributed by atoms with E-state index < -0.39 is 0 Å². The third-order valence-corrected chi connectivity index (χ3v) is 3.20. The molecule has 0 saturated carbocycles. The lowest BCUT2D eigenvalue weighted by molar-refractivity contribution is 0.473. The summed E-state index contributed by atoms with van der Waals surface area (Å²) >= 11 is 1.63. The molecule has 0 bridgehead atoms. The normalized spacial score (nSPS) is 10.2. The molecule has 2 aromatic carbocycles. The van der Waals surface area contributed by atoms with E-state index in [1.165, 1.54) is 0 Å². The molecule has 82 valence electrons. The zero-order valence-corrected chi connectivity index (χ0v) is 9.45. The van der Waals surface area contributed by atoms with Crippen molar-refractivity contribution in [2.75, 3.05) is 0 Å². The maximum atomic E-state index is 9.31. The first-order valence-corrected chi connectivity index (χ1v) is 5.92. The topological polar surface area (TPSA) is 40.5 Å². The molecule has 0 saturated heterocycles. The van der Waals surface area contributed by atoms with Gasteiger partial charge in [0.25, 0.3) is 0 Å². The van der Waals surface area contributed by atoms with Gasteiger partial charge >= 0.3 is 0 Å². The third kappa shape index (κ3) is 2.94. The van der Waals surface area contributed by atoms with Crippen LogP contribution in [0.3, 0.4) is 0 Å². The van der Waals surface area contributed by atoms with Gasteiger partial charge in [0, 0.05) is 10.6 Å². The maximum Gasteiger partial charge on any atom is 0.116 e. The van der Waals surface area contributed by atoms with Crippen LogP contribution in [-0.2, 0) is 5.75 Å². The molecule has 0 unspecified atom stereocenters. The van der Waals surface area contributed by atoms with Gasteiger partial charge in [-0.15, -0.1) is 11.8 Å². The summed E-state index contributed by atoms with van der Waals surface area (Å²) in [6.07, 6.45) is 0. The van der Waals surface area contributed by atoms with E-state index in [2.05, 4.69) is 0 Å². The summed E-state index contributed by atoms with van der Waals surface area (Å²) in [6, 6.07) is 14.3. The average molecular weight is 232 g/mol. The zero-order chi connectivity index (χ0) is 11.4. The summed E-state index contributed by atoms with van der Waals surface area (Å²) < 4.78 is 0. The van der Waals surface area contributed by atoms with Crippen molar-refractivity contribution >= 4 is 11.8 Å². The van der Waals surface area contributed by atoms with Gasteiger partial charge in [0.1, 0.15) is 11.5 Å². The van der Waals surface area contributed by atoms with Gasteiger partial charge in [-0.05, 0) is 35.9 Å². The number of benzene rings is 2. The van der Waals surface area contributed by atoms with E-state index in [1.54, 1.807) is 36.0 Å². The van der Waals surface area contributed by atoms with Gasteiger partial charge in [0.05, 0.1) is 0 Å². The lowest BCUT2D eigenvalue weighted by atomic mass is 10.2. The minimum absolute atomic E-state index is 0.279. The Morgan fingerprint density at radius 2 is 1.56 bits per heavy atom. The second-order valence-electron chi connectivity index (χ2n) is 3.46. The van der Waals surface area contributed by atoms with Gasteiger partial charge in [-0.1, -0.05) is 18.2 Å². The highest BCUT2D eigenvalue weighted by Gasteiger charge is 1.98. The molecule has 0 spiro atoms. The Balaban J connectivity index is 2.02. The Kier molecular flexibility index (Phi) is 3.37. The van der Waals surface area contributed by atoms with Crippen LogP contribution in [0, 0.1) is 0 Å². The van der Waals surface area contributed by atoms with Crippen LogP contribution in [-0.4, -0.2) is 10.2 Å². The van der Waals surface area contributed by atoms with E-state index in [9.17, 15) is 10.2 Å². The van der Waals surface area contributed by atoms with Crippen molar-refractivity contribution in [1.82, 2.24) is 0 Å². The second kappa shape index (κ2) is 4.94. The zero-order valence-electron chi connectivity index (χ0n) is 8.63. The second-order valence-corrected chi connectivity index (χ2v) is 4.50. The molecule has 0 atom stereocenters. The highest BCUT2D eigenvalue weighted by atomic mass is 32.2. The van der Waals surface area contributed by atoms with Crippen LogP contribution in [0.1, 0.15) is 5.56 Å². The van der Waals surface area contributed by atoms with Crippen LogP contribution in [0.4, 0.5) is 0 Å². The fraction of sp³-hybridized carbons (Fsp3) is 0.0769. The molecule has 2 rings (SSSR count). The number of hydrogen-bond acceptors (Lipinski definition) is 3. The fourth-order valence-corrected chi connectivity index (χ4v) is 2.28. The molecule has 2 N–H and O–H groups in total. The maximum absolute atomic E-state index is 9.31. The van der Waals surface area contributed by atoms with E-state index >= 15 is 0 Å². The molecule has 2 nitrogen and oxygen atoms in total. The van der Waals surface area contributed by atoms with E-state index in [1.807, 2.05) is 24.3 Å². The smallest absolute Gasteiger partial charge is 0.116 e. The largest absolute Gasteiger partial charge is 0.508 e. The summed E-state index contributed by atoms with van der Waals surface area (Å²) in [6.45, 7) is 0. The van der Waals surface area contributed by atoms with Crippen molar-refractivity contribution in [1.29, 1.82) is 0 Å². The Bertz CT molecular complexity index is 437. The minimum atomic E-state index is 0.279. The van der Waals surface area contributed by atoms with Crippen molar-refractivity contribution in [3.05, 3.63) is 54.1 Å². The molecular formula is C13H12O2S. The Labute approximate surface area is 98.6 Å². The number of phenols is 2. The molecular weight excluding hydrogens is 220 g/mol. The first-order chi connectivity index (χ1) is 7.74. The summed E-state index contributed by atoms with van der Waals surface area (Å²) in [5.41, 5.74) is 1.06. The highest BCUT2D eigenvalue weighted by Crippen LogP contribution is 2.26. The molecule has 0 aliphatic carbocycles. The van der Waals surface area contributed by atoms with Gasteiger partial charge in [0.2, 0.25) is 0 Å². The molecule has 0 aromatic heterocycles. The summed E-state index contributed by atoms with van der Waals surface area (Å²) in [7, 11) is 0. The molecule has 16 heavy (non-hydrogen) atoms. The first kappa shape index (κ1) is 10.9. The molecule has 0 aliphatic rings. The molecule has 3 heteroatoms. The van der Waals surface area contributed by atoms with Crippen molar-refractivity contribution in [2.45, 2.75) is 10.6 Å². The van der Waals surface area contributed by atoms with E-state index in [0.29, 0.717) is 0 Å². The third-order valence-electron chi connectivity index (χ3n) is 2.13. The average Bonchev–Trinajstić information content (AvgIpc) is 2.27. The predicted molar refractivity (Wildman–Crippen MR) is 65.8 cm³/mol. The number of phenolic OH excluding ortho intramolecular Hbond substituents is 2. The van der Waals surface area contributed by atoms with Crippen LogP contribution in [0.5, 0.6) is 11.5 Å². The number of thioether (sulfide) groups is 1. The minimum Gasteiger partial charge on any atom is -0.508 e. The van der Waals surface area contributed by atoms with Crippen molar-refractivity contribution in [3.8, 4) is 11.5 Å². The number of aromatic hydroxyl groups is 2. The highest BCUT2D eigenvalue weighted by molar-refractivity contribution is 7.98. The van der Waals surface area contributed by atoms with Crippen LogP contribution < -0.4 is 0 Å². The van der Waals surface area contributed by atoms with Gasteiger partial charge in [-0.3, -0.25) is 0 Å². The summed E-state index contributed by atoms with van der Waals surface area (Å²) in [4.78, 5) is 1.02. The van der Waals surface area contributed by atoms with Gasteiger partial charge in [0.15, 0.2) is 0 Å². The van der Waals surface area contributed by atoms with Crippen LogP contribution >= 0.6 is 11.8 Å². The lowest BCUT2D eigenvalue weighted by Gasteiger charge is -2.03. The molecule has 0 amide bonds. The van der Waals surface area contributed by atoms with Gasteiger partial charge < -0.3 is 10.2 Å². The standard InChI is InChI=1S/C13H12O2S/c14-11-4-1-3-10(7-11)9-16-13-6-2-5-12(15)8-13/h1-8,14-15H,9H2. The van der Waals surface area contributed by atoms with Gasteiger partial charge in [-0.2, -0.15) is 0 Å². The van der Waals surface area contributed by atoms with Gasteiger partial charge in [-0.25, -0.2) is 0 Å². The van der Waals surface area contributed by atoms with Crippen LogP contribution in [0.25, 0.3) is 0 Å². The summed E-state index contributed by atoms with van der Waals surface area (Å²) in [5, 5.41) is 18.6. The molecule has 0 heterocycles. The van der Waals surface area contributed by atoms with Crippen molar-refractivity contribution < 1.29 is 10.2 Å². The number of rotatable bonds is 3. The quantitative estimate of drug-likeness (QED) is 0.797. The van der Waals surface area contributed by atoms with Crippen LogP contribution in [0.2, 0.25) is 0 Å². The van der Waals surface area contributed by atoms with Crippen molar-refractivity contribution in [2.24, 2.45) is 0 Å². The first-order valence-electron chi connectivity index (χ1n) is 4.94. The summed E-state index contributed by atoms with van der Waals surface area (Å²) in [5.74, 6) is 1.34.